The van der Waals surface area contributed by atoms with E-state index in [0.717, 1.165) is 22.4 Å². The van der Waals surface area contributed by atoms with Gasteiger partial charge in [-0.25, -0.2) is 14.2 Å². The van der Waals surface area contributed by atoms with Crippen molar-refractivity contribution >= 4 is 38.7 Å². The highest BCUT2D eigenvalue weighted by molar-refractivity contribution is 9.10. The van der Waals surface area contributed by atoms with E-state index < -0.39 is 11.8 Å². The van der Waals surface area contributed by atoms with E-state index in [-0.39, 0.29) is 5.69 Å². The third-order valence-corrected chi connectivity index (χ3v) is 5.26. The first-order valence-electron chi connectivity index (χ1n) is 9.53. The maximum Gasteiger partial charge on any atom is 0.319 e. The lowest BCUT2D eigenvalue weighted by Gasteiger charge is -2.12. The molecule has 7 heteroatoms. The Morgan fingerprint density at radius 1 is 1.10 bits per heavy atom. The van der Waals surface area contributed by atoms with E-state index in [1.165, 1.54) is 17.7 Å². The van der Waals surface area contributed by atoms with Gasteiger partial charge < -0.3 is 15.2 Å². The molecule has 30 heavy (non-hydrogen) atoms. The first-order valence-corrected chi connectivity index (χ1v) is 10.3. The molecule has 0 bridgehead atoms. The second kappa shape index (κ2) is 8.67. The smallest absolute Gasteiger partial charge is 0.319 e. The molecule has 1 heterocycles. The lowest BCUT2D eigenvalue weighted by atomic mass is 10.1. The van der Waals surface area contributed by atoms with Gasteiger partial charge in [-0.1, -0.05) is 57.9 Å². The lowest BCUT2D eigenvalue weighted by Crippen LogP contribution is -2.31. The van der Waals surface area contributed by atoms with Crippen molar-refractivity contribution in [2.24, 2.45) is 0 Å². The molecular weight excluding hydrogens is 447 g/mol. The summed E-state index contributed by atoms with van der Waals surface area (Å²) < 4.78 is 16.6. The number of rotatable bonds is 5. The van der Waals surface area contributed by atoms with Gasteiger partial charge in [-0.05, 0) is 37.3 Å². The summed E-state index contributed by atoms with van der Waals surface area (Å²) in [6.07, 6.45) is 0. The molecule has 0 fully saturated rings. The van der Waals surface area contributed by atoms with E-state index in [9.17, 15) is 9.18 Å². The number of hydrogen-bond acceptors (Lipinski definition) is 2. The Morgan fingerprint density at radius 3 is 2.63 bits per heavy atom. The van der Waals surface area contributed by atoms with E-state index in [1.54, 1.807) is 6.07 Å². The van der Waals surface area contributed by atoms with Gasteiger partial charge in [0, 0.05) is 23.1 Å². The average molecular weight is 467 g/mol. The van der Waals surface area contributed by atoms with Crippen LogP contribution in [0.1, 0.15) is 5.56 Å². The molecule has 0 saturated carbocycles. The highest BCUT2D eigenvalue weighted by Gasteiger charge is 2.13. The summed E-state index contributed by atoms with van der Waals surface area (Å²) in [5, 5.41) is 5.32. The number of aromatic nitrogens is 2. The summed E-state index contributed by atoms with van der Waals surface area (Å²) in [6, 6.07) is 20.1. The standard InChI is InChI=1S/C23H20BrFN4O/c1-15-6-8-16(9-7-15)22-27-20-4-2-3-5-21(20)29(22)13-12-26-23(30)28-19-11-10-17(24)14-18(19)25/h2-11,14H,12-13H2,1H3,(H2,26,28,30). The van der Waals surface area contributed by atoms with Crippen LogP contribution in [0.25, 0.3) is 22.4 Å². The summed E-state index contributed by atoms with van der Waals surface area (Å²) in [5.74, 6) is 0.346. The fourth-order valence-electron chi connectivity index (χ4n) is 3.26. The largest absolute Gasteiger partial charge is 0.336 e. The van der Waals surface area contributed by atoms with Crippen LogP contribution in [-0.4, -0.2) is 22.1 Å². The molecular formula is C23H20BrFN4O. The molecule has 0 unspecified atom stereocenters. The minimum atomic E-state index is -0.498. The number of carbonyl (C=O) groups is 1. The van der Waals surface area contributed by atoms with E-state index in [2.05, 4.69) is 43.3 Å². The fourth-order valence-corrected chi connectivity index (χ4v) is 3.60. The Hall–Kier alpha value is -3.19. The Balaban J connectivity index is 1.50. The number of nitrogens with zero attached hydrogens (tertiary/aromatic N) is 2. The normalized spacial score (nSPS) is 10.9. The van der Waals surface area contributed by atoms with Crippen LogP contribution in [0.15, 0.2) is 71.2 Å². The number of anilines is 1. The van der Waals surface area contributed by atoms with Gasteiger partial charge in [0.15, 0.2) is 0 Å². The third-order valence-electron chi connectivity index (χ3n) is 4.76. The van der Waals surface area contributed by atoms with Gasteiger partial charge in [0.2, 0.25) is 0 Å². The van der Waals surface area contributed by atoms with Crippen LogP contribution in [0.4, 0.5) is 14.9 Å². The molecule has 0 aliphatic carbocycles. The molecule has 0 saturated heterocycles. The van der Waals surface area contributed by atoms with Crippen molar-refractivity contribution in [3.8, 4) is 11.4 Å². The molecule has 0 spiro atoms. The van der Waals surface area contributed by atoms with Crippen molar-refractivity contribution in [2.75, 3.05) is 11.9 Å². The molecule has 2 amide bonds. The van der Waals surface area contributed by atoms with Crippen LogP contribution in [0, 0.1) is 12.7 Å². The summed E-state index contributed by atoms with van der Waals surface area (Å²) in [5.41, 5.74) is 4.21. The number of para-hydroxylation sites is 2. The number of amides is 2. The van der Waals surface area contributed by atoms with Crippen LogP contribution in [0.5, 0.6) is 0 Å². The predicted molar refractivity (Wildman–Crippen MR) is 121 cm³/mol. The maximum atomic E-state index is 13.9. The number of fused-ring (bicyclic) bond motifs is 1. The molecule has 0 atom stereocenters. The Bertz CT molecular complexity index is 1200. The van der Waals surface area contributed by atoms with Crippen molar-refractivity contribution in [3.05, 3.63) is 82.6 Å². The van der Waals surface area contributed by atoms with Crippen molar-refractivity contribution in [2.45, 2.75) is 13.5 Å². The highest BCUT2D eigenvalue weighted by Crippen LogP contribution is 2.25. The molecule has 4 rings (SSSR count). The second-order valence-corrected chi connectivity index (χ2v) is 7.86. The van der Waals surface area contributed by atoms with Crippen LogP contribution in [-0.2, 0) is 6.54 Å². The Kier molecular flexibility index (Phi) is 5.81. The van der Waals surface area contributed by atoms with E-state index >= 15 is 0 Å². The number of aryl methyl sites for hydroxylation is 1. The zero-order valence-electron chi connectivity index (χ0n) is 16.3. The number of benzene rings is 3. The molecule has 0 aliphatic heterocycles. The van der Waals surface area contributed by atoms with Gasteiger partial charge in [0.1, 0.15) is 11.6 Å². The van der Waals surface area contributed by atoms with Crippen molar-refractivity contribution in [3.63, 3.8) is 0 Å². The average Bonchev–Trinajstić information content (AvgIpc) is 3.09. The first-order chi connectivity index (χ1) is 14.5. The van der Waals surface area contributed by atoms with Gasteiger partial charge in [0.25, 0.3) is 0 Å². The van der Waals surface area contributed by atoms with E-state index in [1.807, 2.05) is 43.3 Å². The van der Waals surface area contributed by atoms with E-state index in [4.69, 9.17) is 4.98 Å². The van der Waals surface area contributed by atoms with E-state index in [0.29, 0.717) is 17.6 Å². The second-order valence-electron chi connectivity index (χ2n) is 6.95. The van der Waals surface area contributed by atoms with Gasteiger partial charge in [-0.2, -0.15) is 0 Å². The summed E-state index contributed by atoms with van der Waals surface area (Å²) in [6.45, 7) is 2.94. The van der Waals surface area contributed by atoms with Crippen molar-refractivity contribution < 1.29 is 9.18 Å². The van der Waals surface area contributed by atoms with Crippen LogP contribution in [0.3, 0.4) is 0 Å². The van der Waals surface area contributed by atoms with Crippen LogP contribution >= 0.6 is 15.9 Å². The SMILES string of the molecule is Cc1ccc(-c2nc3ccccc3n2CCNC(=O)Nc2ccc(Br)cc2F)cc1. The predicted octanol–water partition coefficient (Wildman–Crippen LogP) is 5.74. The zero-order chi connectivity index (χ0) is 21.1. The number of hydrogen-bond donors (Lipinski definition) is 2. The summed E-state index contributed by atoms with van der Waals surface area (Å²) in [4.78, 5) is 17.0. The molecule has 5 nitrogen and oxygen atoms in total. The monoisotopic (exact) mass is 466 g/mol. The highest BCUT2D eigenvalue weighted by atomic mass is 79.9. The molecule has 152 valence electrons. The van der Waals surface area contributed by atoms with Crippen LogP contribution < -0.4 is 10.6 Å². The van der Waals surface area contributed by atoms with Gasteiger partial charge in [0.05, 0.1) is 16.7 Å². The molecule has 0 aliphatic rings. The number of urea groups is 1. The minimum absolute atomic E-state index is 0.129. The Morgan fingerprint density at radius 2 is 1.87 bits per heavy atom. The molecule has 4 aromatic rings. The van der Waals surface area contributed by atoms with Crippen molar-refractivity contribution in [1.29, 1.82) is 0 Å². The van der Waals surface area contributed by atoms with Crippen molar-refractivity contribution in [1.82, 2.24) is 14.9 Å². The third kappa shape index (κ3) is 4.36. The molecule has 3 aromatic carbocycles. The molecule has 1 aromatic heterocycles. The number of nitrogens with one attached hydrogen (secondary N) is 2. The maximum absolute atomic E-state index is 13.9. The van der Waals surface area contributed by atoms with Crippen LogP contribution in [0.2, 0.25) is 0 Å². The number of halogens is 2. The first kappa shape index (κ1) is 20.1. The quantitative estimate of drug-likeness (QED) is 0.394. The topological polar surface area (TPSA) is 59.0 Å². The molecule has 2 N–H and O–H groups in total. The van der Waals surface area contributed by atoms with Gasteiger partial charge in [-0.3, -0.25) is 0 Å². The zero-order valence-corrected chi connectivity index (χ0v) is 17.9. The molecule has 0 radical (unpaired) electrons. The Labute approximate surface area is 182 Å². The number of imidazole rings is 1. The minimum Gasteiger partial charge on any atom is -0.336 e. The summed E-state index contributed by atoms with van der Waals surface area (Å²) in [7, 11) is 0. The van der Waals surface area contributed by atoms with Gasteiger partial charge in [-0.15, -0.1) is 0 Å². The summed E-state index contributed by atoms with van der Waals surface area (Å²) >= 11 is 3.20. The van der Waals surface area contributed by atoms with Gasteiger partial charge >= 0.3 is 6.03 Å². The lowest BCUT2D eigenvalue weighted by molar-refractivity contribution is 0.251. The fraction of sp³-hybridized carbons (Fsp3) is 0.130. The number of carbonyl (C=O) groups excluding carboxylic acids is 1.